The predicted molar refractivity (Wildman–Crippen MR) is 172 cm³/mol. The van der Waals surface area contributed by atoms with Gasteiger partial charge in [0.2, 0.25) is 27.6 Å². The fourth-order valence-electron chi connectivity index (χ4n) is 7.26. The summed E-state index contributed by atoms with van der Waals surface area (Å²) >= 11 is 0. The number of nitrogens with zero attached hydrogens (tertiary/aromatic N) is 1. The summed E-state index contributed by atoms with van der Waals surface area (Å²) in [6, 6.07) is -4.05. The Labute approximate surface area is 273 Å². The number of amides is 5. The molecule has 0 bridgehead atoms. The number of nitrogens with one attached hydrogen (secondary N) is 4. The summed E-state index contributed by atoms with van der Waals surface area (Å²) in [7, 11) is -3.50. The minimum Gasteiger partial charge on any atom is -0.363 e. The first-order valence-corrected chi connectivity index (χ1v) is 18.1. The number of urea groups is 1. The lowest BCUT2D eigenvalue weighted by atomic mass is 9.83. The molecule has 4 fully saturated rings. The third-order valence-corrected chi connectivity index (χ3v) is 12.5. The van der Waals surface area contributed by atoms with Gasteiger partial charge in [-0.05, 0) is 59.7 Å². The number of hydrogen-bond donors (Lipinski definition) is 5. The molecule has 2 saturated heterocycles. The minimum atomic E-state index is -3.50. The van der Waals surface area contributed by atoms with Crippen LogP contribution in [0.5, 0.6) is 0 Å². The van der Waals surface area contributed by atoms with Crippen molar-refractivity contribution < 1.29 is 32.4 Å². The van der Waals surface area contributed by atoms with Gasteiger partial charge in [0.15, 0.2) is 0 Å². The molecule has 0 aromatic carbocycles. The summed E-state index contributed by atoms with van der Waals surface area (Å²) in [6.07, 6.45) is 3.58. The van der Waals surface area contributed by atoms with Crippen molar-refractivity contribution in [3.05, 3.63) is 0 Å². The van der Waals surface area contributed by atoms with Crippen molar-refractivity contribution in [3.8, 4) is 0 Å². The van der Waals surface area contributed by atoms with Gasteiger partial charge < -0.3 is 26.6 Å². The number of nitrogens with two attached hydrogens (primary N) is 1. The molecular formula is C32H54N6O7S. The Morgan fingerprint density at radius 2 is 1.57 bits per heavy atom. The topological polar surface area (TPSA) is 197 Å². The van der Waals surface area contributed by atoms with Crippen LogP contribution in [0.15, 0.2) is 0 Å². The number of piperidine rings is 1. The molecule has 260 valence electrons. The van der Waals surface area contributed by atoms with Crippen molar-refractivity contribution in [3.63, 3.8) is 0 Å². The number of sulfonamides is 1. The summed E-state index contributed by atoms with van der Waals surface area (Å²) in [5.41, 5.74) is 3.87. The minimum absolute atomic E-state index is 0.0618. The lowest BCUT2D eigenvalue weighted by Crippen LogP contribution is -2.62. The second kappa shape index (κ2) is 12.7. The van der Waals surface area contributed by atoms with E-state index >= 15 is 0 Å². The molecule has 4 rings (SSSR count). The van der Waals surface area contributed by atoms with Crippen LogP contribution in [-0.2, 0) is 29.2 Å². The maximum atomic E-state index is 14.3. The van der Waals surface area contributed by atoms with Crippen LogP contribution in [0, 0.1) is 34.0 Å². The number of likely N-dealkylation sites (tertiary alicyclic amines) is 1. The number of ketones is 1. The van der Waals surface area contributed by atoms with Crippen LogP contribution >= 0.6 is 0 Å². The first kappa shape index (κ1) is 36.1. The molecule has 2 saturated carbocycles. The van der Waals surface area contributed by atoms with E-state index in [1.807, 2.05) is 55.4 Å². The van der Waals surface area contributed by atoms with E-state index in [9.17, 15) is 32.4 Å². The number of fused-ring (bicyclic) bond motifs is 1. The van der Waals surface area contributed by atoms with E-state index < -0.39 is 79.8 Å². The van der Waals surface area contributed by atoms with Crippen molar-refractivity contribution in [1.82, 2.24) is 25.6 Å². The average Bonchev–Trinajstić information content (AvgIpc) is 3.77. The summed E-state index contributed by atoms with van der Waals surface area (Å²) in [5, 5.41) is 7.93. The quantitative estimate of drug-likeness (QED) is 0.206. The van der Waals surface area contributed by atoms with Gasteiger partial charge in [-0.2, -0.15) is 0 Å². The zero-order valence-corrected chi connectivity index (χ0v) is 29.4. The largest absolute Gasteiger partial charge is 0.363 e. The van der Waals surface area contributed by atoms with Crippen molar-refractivity contribution in [2.24, 2.45) is 39.7 Å². The summed E-state index contributed by atoms with van der Waals surface area (Å²) < 4.78 is 27.9. The highest BCUT2D eigenvalue weighted by Gasteiger charge is 2.70. The van der Waals surface area contributed by atoms with Crippen LogP contribution in [0.3, 0.4) is 0 Å². The van der Waals surface area contributed by atoms with Gasteiger partial charge in [0, 0.05) is 19.1 Å². The number of Topliss-reactive ketones (excluding diaryl/α,β-unsaturated/α-hetero) is 1. The number of carbonyl (C=O) groups is 5. The molecule has 4 aliphatic rings. The Balaban J connectivity index is 1.52. The standard InChI is InChI=1S/C32H54N6O7S/c1-30(2,3)21(15-18-10-9-13-34-46(18,44)45)36-29(43)37-25(31(4,5)6)28(42)38-16-19-22(32(19,7)8)23(38)27(41)35-20(14-17-11-12-17)24(39)26(33)40/h17-23,25,34H,9-16H2,1-8H3,(H2,33,40)(H,35,41)(H2,36,37,43)/t18?,19-,20?,21+,22-,23-,25+/m0/s1. The monoisotopic (exact) mass is 666 g/mol. The molecule has 14 heteroatoms. The highest BCUT2D eigenvalue weighted by molar-refractivity contribution is 7.90. The zero-order chi connectivity index (χ0) is 34.6. The maximum Gasteiger partial charge on any atom is 0.315 e. The van der Waals surface area contributed by atoms with E-state index in [1.165, 1.54) is 4.90 Å². The molecule has 2 aliphatic carbocycles. The molecule has 7 atom stereocenters. The Morgan fingerprint density at radius 3 is 2.09 bits per heavy atom. The van der Waals surface area contributed by atoms with Gasteiger partial charge in [0.25, 0.3) is 5.91 Å². The fourth-order valence-corrected chi connectivity index (χ4v) is 8.85. The molecular weight excluding hydrogens is 612 g/mol. The Hall–Kier alpha value is -2.74. The Kier molecular flexibility index (Phi) is 9.97. The maximum absolute atomic E-state index is 14.3. The summed E-state index contributed by atoms with van der Waals surface area (Å²) in [4.78, 5) is 67.6. The van der Waals surface area contributed by atoms with E-state index in [0.717, 1.165) is 19.3 Å². The number of hydrogen-bond acceptors (Lipinski definition) is 7. The van der Waals surface area contributed by atoms with Gasteiger partial charge in [0.1, 0.15) is 12.1 Å². The number of carbonyl (C=O) groups excluding carboxylic acids is 5. The Morgan fingerprint density at radius 1 is 0.935 bits per heavy atom. The van der Waals surface area contributed by atoms with E-state index in [0.29, 0.717) is 25.9 Å². The SMILES string of the molecule is CC(C)(C)[C@H](NC(=O)N[C@H](CC1CCCNS1(=O)=O)C(C)(C)C)C(=O)N1C[C@H]2[C@@H]([C@H]1C(=O)NC(CC1CC1)C(=O)C(N)=O)C2(C)C. The van der Waals surface area contributed by atoms with Gasteiger partial charge in [0.05, 0.1) is 11.3 Å². The molecule has 6 N–H and O–H groups in total. The average molecular weight is 667 g/mol. The third kappa shape index (κ3) is 7.86. The molecule has 0 aromatic rings. The first-order valence-electron chi connectivity index (χ1n) is 16.6. The Bertz CT molecular complexity index is 1350. The molecule has 13 nitrogen and oxygen atoms in total. The van der Waals surface area contributed by atoms with Crippen LogP contribution in [0.4, 0.5) is 4.79 Å². The fraction of sp³-hybridized carbons (Fsp3) is 0.844. The van der Waals surface area contributed by atoms with Crippen LogP contribution in [0.1, 0.15) is 93.9 Å². The van der Waals surface area contributed by atoms with Gasteiger partial charge in [-0.25, -0.2) is 17.9 Å². The van der Waals surface area contributed by atoms with Crippen LogP contribution in [-0.4, -0.2) is 85.4 Å². The van der Waals surface area contributed by atoms with Gasteiger partial charge in [-0.15, -0.1) is 0 Å². The molecule has 5 amide bonds. The lowest BCUT2D eigenvalue weighted by molar-refractivity contribution is -0.145. The molecule has 0 radical (unpaired) electrons. The zero-order valence-electron chi connectivity index (χ0n) is 28.6. The number of primary amides is 1. The van der Waals surface area contributed by atoms with Crippen molar-refractivity contribution in [2.75, 3.05) is 13.1 Å². The lowest BCUT2D eigenvalue weighted by Gasteiger charge is -2.39. The van der Waals surface area contributed by atoms with Crippen LogP contribution in [0.25, 0.3) is 0 Å². The summed E-state index contributed by atoms with van der Waals surface area (Å²) in [5.74, 6) is -2.72. The van der Waals surface area contributed by atoms with E-state index in [2.05, 4.69) is 20.7 Å². The van der Waals surface area contributed by atoms with Crippen molar-refractivity contribution in [1.29, 1.82) is 0 Å². The van der Waals surface area contributed by atoms with Gasteiger partial charge in [-0.3, -0.25) is 19.2 Å². The molecule has 0 aromatic heterocycles. The van der Waals surface area contributed by atoms with E-state index in [-0.39, 0.29) is 29.6 Å². The normalized spacial score (nSPS) is 28.7. The van der Waals surface area contributed by atoms with Gasteiger partial charge >= 0.3 is 6.03 Å². The first-order chi connectivity index (χ1) is 21.1. The van der Waals surface area contributed by atoms with Crippen molar-refractivity contribution >= 4 is 39.6 Å². The smallest absolute Gasteiger partial charge is 0.315 e. The van der Waals surface area contributed by atoms with E-state index in [4.69, 9.17) is 5.73 Å². The molecule has 2 heterocycles. The summed E-state index contributed by atoms with van der Waals surface area (Å²) in [6.45, 7) is 16.1. The molecule has 2 unspecified atom stereocenters. The van der Waals surface area contributed by atoms with E-state index in [1.54, 1.807) is 0 Å². The third-order valence-electron chi connectivity index (χ3n) is 10.6. The molecule has 2 aliphatic heterocycles. The molecule has 0 spiro atoms. The van der Waals surface area contributed by atoms with Gasteiger partial charge in [-0.1, -0.05) is 68.2 Å². The highest BCUT2D eigenvalue weighted by atomic mass is 32.2. The second-order valence-corrected chi connectivity index (χ2v) is 18.7. The van der Waals surface area contributed by atoms with Crippen LogP contribution in [0.2, 0.25) is 0 Å². The number of rotatable bonds is 11. The second-order valence-electron chi connectivity index (χ2n) is 16.6. The highest BCUT2D eigenvalue weighted by Crippen LogP contribution is 2.65. The van der Waals surface area contributed by atoms with Crippen molar-refractivity contribution in [2.45, 2.75) is 123 Å². The van der Waals surface area contributed by atoms with Crippen LogP contribution < -0.4 is 26.4 Å². The molecule has 46 heavy (non-hydrogen) atoms. The predicted octanol–water partition coefficient (Wildman–Crippen LogP) is 1.41.